The Kier molecular flexibility index (Phi) is 4.10. The molecule has 0 unspecified atom stereocenters. The van der Waals surface area contributed by atoms with E-state index in [0.717, 1.165) is 31.1 Å². The summed E-state index contributed by atoms with van der Waals surface area (Å²) in [4.78, 5) is 6.90. The zero-order valence-electron chi connectivity index (χ0n) is 11.9. The molecule has 0 amide bonds. The Labute approximate surface area is 111 Å². The fourth-order valence-corrected chi connectivity index (χ4v) is 2.21. The molecule has 0 aromatic carbocycles. The topological polar surface area (TPSA) is 28.2 Å². The molecular formula is C15H25N3. The molecule has 0 atom stereocenters. The molecule has 2 heterocycles. The van der Waals surface area contributed by atoms with Gasteiger partial charge in [0.05, 0.1) is 11.9 Å². The van der Waals surface area contributed by atoms with Crippen LogP contribution >= 0.6 is 0 Å². The quantitative estimate of drug-likeness (QED) is 0.882. The van der Waals surface area contributed by atoms with Gasteiger partial charge < -0.3 is 10.2 Å². The zero-order valence-corrected chi connectivity index (χ0v) is 11.9. The molecule has 1 aromatic heterocycles. The van der Waals surface area contributed by atoms with Crippen molar-refractivity contribution in [3.05, 3.63) is 18.3 Å². The summed E-state index contributed by atoms with van der Waals surface area (Å²) in [7, 11) is 0. The molecule has 3 heteroatoms. The second-order valence-electron chi connectivity index (χ2n) is 6.34. The molecule has 1 aliphatic heterocycles. The number of hydrogen-bond acceptors (Lipinski definition) is 3. The highest BCUT2D eigenvalue weighted by Gasteiger charge is 2.13. The van der Waals surface area contributed by atoms with Gasteiger partial charge in [0.25, 0.3) is 0 Å². The molecule has 1 aliphatic rings. The number of nitrogens with zero attached hydrogens (tertiary/aromatic N) is 2. The molecular weight excluding hydrogens is 222 g/mol. The van der Waals surface area contributed by atoms with Crippen molar-refractivity contribution >= 4 is 11.5 Å². The Balaban J connectivity index is 1.84. The van der Waals surface area contributed by atoms with E-state index < -0.39 is 0 Å². The average Bonchev–Trinajstić information content (AvgIpc) is 2.82. The first-order chi connectivity index (χ1) is 8.54. The van der Waals surface area contributed by atoms with E-state index in [-0.39, 0.29) is 0 Å². The fraction of sp³-hybridized carbons (Fsp3) is 0.667. The smallest absolute Gasteiger partial charge is 0.128 e. The summed E-state index contributed by atoms with van der Waals surface area (Å²) in [5, 5.41) is 3.44. The third-order valence-electron chi connectivity index (χ3n) is 3.38. The number of anilines is 2. The number of pyridine rings is 1. The number of nitrogens with one attached hydrogen (secondary N) is 1. The minimum Gasteiger partial charge on any atom is -0.384 e. The van der Waals surface area contributed by atoms with Crippen LogP contribution in [0, 0.1) is 5.41 Å². The van der Waals surface area contributed by atoms with Gasteiger partial charge in [-0.3, -0.25) is 0 Å². The van der Waals surface area contributed by atoms with Crippen molar-refractivity contribution in [1.82, 2.24) is 4.98 Å². The van der Waals surface area contributed by atoms with Gasteiger partial charge in [-0.15, -0.1) is 0 Å². The van der Waals surface area contributed by atoms with Gasteiger partial charge in [0.15, 0.2) is 0 Å². The summed E-state index contributed by atoms with van der Waals surface area (Å²) >= 11 is 0. The molecule has 1 aromatic rings. The minimum atomic E-state index is 0.385. The summed E-state index contributed by atoms with van der Waals surface area (Å²) in [6, 6.07) is 4.27. The van der Waals surface area contributed by atoms with Gasteiger partial charge in [-0.2, -0.15) is 0 Å². The number of rotatable bonds is 4. The molecule has 1 saturated heterocycles. The SMILES string of the molecule is CC(C)(C)CCNc1ccc(N2CCCC2)nc1. The zero-order chi connectivity index (χ0) is 13.0. The Morgan fingerprint density at radius 1 is 1.22 bits per heavy atom. The highest BCUT2D eigenvalue weighted by molar-refractivity contribution is 5.48. The van der Waals surface area contributed by atoms with E-state index in [2.05, 4.69) is 48.1 Å². The predicted molar refractivity (Wildman–Crippen MR) is 78.2 cm³/mol. The van der Waals surface area contributed by atoms with Gasteiger partial charge in [-0.1, -0.05) is 20.8 Å². The van der Waals surface area contributed by atoms with Crippen LogP contribution < -0.4 is 10.2 Å². The summed E-state index contributed by atoms with van der Waals surface area (Å²) in [6.45, 7) is 10.1. The molecule has 0 aliphatic carbocycles. The van der Waals surface area contributed by atoms with E-state index in [9.17, 15) is 0 Å². The van der Waals surface area contributed by atoms with Gasteiger partial charge in [-0.25, -0.2) is 4.98 Å². The summed E-state index contributed by atoms with van der Waals surface area (Å²) in [5.74, 6) is 1.12. The second kappa shape index (κ2) is 5.59. The second-order valence-corrected chi connectivity index (χ2v) is 6.34. The molecule has 1 N–H and O–H groups in total. The van der Waals surface area contributed by atoms with Gasteiger partial charge in [0.2, 0.25) is 0 Å². The summed E-state index contributed by atoms with van der Waals surface area (Å²) in [5.41, 5.74) is 1.51. The van der Waals surface area contributed by atoms with Gasteiger partial charge in [0, 0.05) is 19.6 Å². The highest BCUT2D eigenvalue weighted by Crippen LogP contribution is 2.20. The monoisotopic (exact) mass is 247 g/mol. The van der Waals surface area contributed by atoms with Crippen LogP contribution in [0.5, 0.6) is 0 Å². The third-order valence-corrected chi connectivity index (χ3v) is 3.38. The first-order valence-electron chi connectivity index (χ1n) is 6.99. The van der Waals surface area contributed by atoms with Crippen LogP contribution in [-0.4, -0.2) is 24.6 Å². The molecule has 0 bridgehead atoms. The lowest BCUT2D eigenvalue weighted by Crippen LogP contribution is -2.19. The Morgan fingerprint density at radius 2 is 1.94 bits per heavy atom. The number of aromatic nitrogens is 1. The van der Waals surface area contributed by atoms with Crippen molar-refractivity contribution in [2.75, 3.05) is 29.9 Å². The maximum Gasteiger partial charge on any atom is 0.128 e. The Morgan fingerprint density at radius 3 is 2.50 bits per heavy atom. The molecule has 3 nitrogen and oxygen atoms in total. The Hall–Kier alpha value is -1.25. The normalized spacial score (nSPS) is 16.1. The fourth-order valence-electron chi connectivity index (χ4n) is 2.21. The lowest BCUT2D eigenvalue weighted by atomic mass is 9.92. The van der Waals surface area contributed by atoms with Crippen molar-refractivity contribution in [3.63, 3.8) is 0 Å². The van der Waals surface area contributed by atoms with Crippen LogP contribution in [0.15, 0.2) is 18.3 Å². The molecule has 18 heavy (non-hydrogen) atoms. The van der Waals surface area contributed by atoms with Gasteiger partial charge in [-0.05, 0) is 36.8 Å². The van der Waals surface area contributed by atoms with Crippen LogP contribution in [-0.2, 0) is 0 Å². The third kappa shape index (κ3) is 3.90. The summed E-state index contributed by atoms with van der Waals surface area (Å²) in [6.07, 6.45) is 5.72. The Bertz CT molecular complexity index is 358. The molecule has 1 fully saturated rings. The molecule has 0 radical (unpaired) electrons. The van der Waals surface area contributed by atoms with E-state index in [1.165, 1.54) is 19.3 Å². The van der Waals surface area contributed by atoms with E-state index in [1.807, 2.05) is 6.20 Å². The maximum absolute atomic E-state index is 4.54. The van der Waals surface area contributed by atoms with E-state index in [0.29, 0.717) is 5.41 Å². The van der Waals surface area contributed by atoms with E-state index in [1.54, 1.807) is 0 Å². The minimum absolute atomic E-state index is 0.385. The summed E-state index contributed by atoms with van der Waals surface area (Å²) < 4.78 is 0. The largest absolute Gasteiger partial charge is 0.384 e. The molecule has 0 spiro atoms. The molecule has 100 valence electrons. The van der Waals surface area contributed by atoms with Gasteiger partial charge in [0.1, 0.15) is 5.82 Å². The first-order valence-corrected chi connectivity index (χ1v) is 6.99. The molecule has 0 saturated carbocycles. The number of hydrogen-bond donors (Lipinski definition) is 1. The lowest BCUT2D eigenvalue weighted by molar-refractivity contribution is 0.390. The van der Waals surface area contributed by atoms with Crippen molar-refractivity contribution in [3.8, 4) is 0 Å². The average molecular weight is 247 g/mol. The van der Waals surface area contributed by atoms with Crippen molar-refractivity contribution in [1.29, 1.82) is 0 Å². The van der Waals surface area contributed by atoms with Crippen molar-refractivity contribution < 1.29 is 0 Å². The van der Waals surface area contributed by atoms with Crippen LogP contribution in [0.2, 0.25) is 0 Å². The van der Waals surface area contributed by atoms with Crippen LogP contribution in [0.4, 0.5) is 11.5 Å². The van der Waals surface area contributed by atoms with Crippen molar-refractivity contribution in [2.24, 2.45) is 5.41 Å². The van der Waals surface area contributed by atoms with Gasteiger partial charge >= 0.3 is 0 Å². The highest BCUT2D eigenvalue weighted by atomic mass is 15.2. The van der Waals surface area contributed by atoms with Crippen LogP contribution in [0.25, 0.3) is 0 Å². The standard InChI is InChI=1S/C15H25N3/c1-15(2,3)8-9-16-13-6-7-14(17-12-13)18-10-4-5-11-18/h6-7,12,16H,4-5,8-11H2,1-3H3. The van der Waals surface area contributed by atoms with E-state index in [4.69, 9.17) is 0 Å². The predicted octanol–water partition coefficient (Wildman–Crippen LogP) is 3.53. The first kappa shape index (κ1) is 13.2. The van der Waals surface area contributed by atoms with Crippen molar-refractivity contribution in [2.45, 2.75) is 40.0 Å². The molecule has 2 rings (SSSR count). The lowest BCUT2D eigenvalue weighted by Gasteiger charge is -2.19. The van der Waals surface area contributed by atoms with Crippen LogP contribution in [0.3, 0.4) is 0 Å². The van der Waals surface area contributed by atoms with Crippen LogP contribution in [0.1, 0.15) is 40.0 Å². The maximum atomic E-state index is 4.54. The van der Waals surface area contributed by atoms with E-state index >= 15 is 0 Å².